The standard InChI is InChI=1S/C20H26N4O3/c1-20(6-7-21-11-20)12-22-9-13-2-3-15-14(8-13)10-24(19(15)27)16-4-5-17(25)23-18(16)26/h2-3,8,16,21-22H,4-7,9-12H2,1H3,(H,23,25,26). The Balaban J connectivity index is 1.40. The Labute approximate surface area is 158 Å². The maximum Gasteiger partial charge on any atom is 0.255 e. The minimum atomic E-state index is -0.556. The Morgan fingerprint density at radius 3 is 2.89 bits per heavy atom. The molecule has 3 heterocycles. The monoisotopic (exact) mass is 370 g/mol. The van der Waals surface area contributed by atoms with E-state index < -0.39 is 6.04 Å². The summed E-state index contributed by atoms with van der Waals surface area (Å²) < 4.78 is 0. The highest BCUT2D eigenvalue weighted by Gasteiger charge is 2.39. The van der Waals surface area contributed by atoms with Gasteiger partial charge in [-0.3, -0.25) is 19.7 Å². The number of rotatable bonds is 5. The van der Waals surface area contributed by atoms with Gasteiger partial charge in [0.15, 0.2) is 0 Å². The number of benzene rings is 1. The summed E-state index contributed by atoms with van der Waals surface area (Å²) in [5.74, 6) is -0.754. The van der Waals surface area contributed by atoms with Crippen molar-refractivity contribution in [3.05, 3.63) is 34.9 Å². The number of carbonyl (C=O) groups is 3. The number of amides is 3. The molecule has 7 nitrogen and oxygen atoms in total. The van der Waals surface area contributed by atoms with Crippen LogP contribution in [0.4, 0.5) is 0 Å². The molecule has 1 aromatic rings. The lowest BCUT2D eigenvalue weighted by Crippen LogP contribution is -2.52. The van der Waals surface area contributed by atoms with Crippen molar-refractivity contribution < 1.29 is 14.4 Å². The third-order valence-electron chi connectivity index (χ3n) is 5.93. The van der Waals surface area contributed by atoms with Crippen LogP contribution in [0.25, 0.3) is 0 Å². The lowest BCUT2D eigenvalue weighted by molar-refractivity contribution is -0.136. The van der Waals surface area contributed by atoms with Gasteiger partial charge < -0.3 is 15.5 Å². The first-order valence-corrected chi connectivity index (χ1v) is 9.63. The summed E-state index contributed by atoms with van der Waals surface area (Å²) in [6.45, 7) is 6.55. The number of nitrogens with zero attached hydrogens (tertiary/aromatic N) is 1. The number of hydrogen-bond acceptors (Lipinski definition) is 5. The second-order valence-corrected chi connectivity index (χ2v) is 8.23. The van der Waals surface area contributed by atoms with Gasteiger partial charge in [-0.25, -0.2) is 0 Å². The van der Waals surface area contributed by atoms with Crippen LogP contribution in [0.15, 0.2) is 18.2 Å². The molecule has 0 spiro atoms. The molecule has 2 atom stereocenters. The molecular formula is C20H26N4O3. The van der Waals surface area contributed by atoms with Gasteiger partial charge in [-0.1, -0.05) is 19.1 Å². The van der Waals surface area contributed by atoms with Crippen LogP contribution in [0.3, 0.4) is 0 Å². The Kier molecular flexibility index (Phi) is 4.74. The summed E-state index contributed by atoms with van der Waals surface area (Å²) >= 11 is 0. The molecule has 4 rings (SSSR count). The van der Waals surface area contributed by atoms with Gasteiger partial charge in [0.25, 0.3) is 5.91 Å². The fourth-order valence-electron chi connectivity index (χ4n) is 4.27. The Bertz CT molecular complexity index is 785. The fourth-order valence-corrected chi connectivity index (χ4v) is 4.27. The van der Waals surface area contributed by atoms with Gasteiger partial charge in [0.05, 0.1) is 0 Å². The maximum atomic E-state index is 12.7. The molecule has 2 fully saturated rings. The highest BCUT2D eigenvalue weighted by Crippen LogP contribution is 2.28. The van der Waals surface area contributed by atoms with E-state index in [1.807, 2.05) is 12.1 Å². The normalized spacial score (nSPS) is 27.8. The fraction of sp³-hybridized carbons (Fsp3) is 0.550. The average molecular weight is 370 g/mol. The molecule has 7 heteroatoms. The van der Waals surface area contributed by atoms with Crippen LogP contribution < -0.4 is 16.0 Å². The second kappa shape index (κ2) is 7.05. The van der Waals surface area contributed by atoms with Gasteiger partial charge in [-0.2, -0.15) is 0 Å². The van der Waals surface area contributed by atoms with Crippen LogP contribution >= 0.6 is 0 Å². The summed E-state index contributed by atoms with van der Waals surface area (Å²) in [6, 6.07) is 5.34. The molecule has 3 aliphatic heterocycles. The van der Waals surface area contributed by atoms with Crippen molar-refractivity contribution in [2.45, 2.75) is 45.3 Å². The SMILES string of the molecule is CC1(CNCc2ccc3c(c2)CN(C2CCC(=O)NC2=O)C3=O)CCNC1. The molecule has 27 heavy (non-hydrogen) atoms. The first-order valence-electron chi connectivity index (χ1n) is 9.63. The summed E-state index contributed by atoms with van der Waals surface area (Å²) in [4.78, 5) is 37.8. The number of piperidine rings is 1. The van der Waals surface area contributed by atoms with Gasteiger partial charge in [-0.15, -0.1) is 0 Å². The molecule has 0 radical (unpaired) electrons. The Hall–Kier alpha value is -2.25. The highest BCUT2D eigenvalue weighted by atomic mass is 16.2. The van der Waals surface area contributed by atoms with E-state index in [1.165, 1.54) is 6.42 Å². The van der Waals surface area contributed by atoms with Gasteiger partial charge in [-0.05, 0) is 42.0 Å². The molecule has 0 aromatic heterocycles. The van der Waals surface area contributed by atoms with Crippen LogP contribution in [-0.4, -0.2) is 48.3 Å². The van der Waals surface area contributed by atoms with Gasteiger partial charge in [0.2, 0.25) is 11.8 Å². The largest absolute Gasteiger partial charge is 0.322 e. The average Bonchev–Trinajstić information content (AvgIpc) is 3.19. The van der Waals surface area contributed by atoms with Crippen LogP contribution in [0.2, 0.25) is 0 Å². The zero-order chi connectivity index (χ0) is 19.0. The molecular weight excluding hydrogens is 344 g/mol. The van der Waals surface area contributed by atoms with Crippen LogP contribution in [0, 0.1) is 5.41 Å². The Morgan fingerprint density at radius 2 is 2.15 bits per heavy atom. The Morgan fingerprint density at radius 1 is 1.30 bits per heavy atom. The molecule has 3 amide bonds. The maximum absolute atomic E-state index is 12.7. The highest BCUT2D eigenvalue weighted by molar-refractivity contribution is 6.05. The molecule has 0 aliphatic carbocycles. The van der Waals surface area contributed by atoms with Crippen molar-refractivity contribution >= 4 is 17.7 Å². The smallest absolute Gasteiger partial charge is 0.255 e. The third kappa shape index (κ3) is 3.61. The van der Waals surface area contributed by atoms with Crippen molar-refractivity contribution in [1.29, 1.82) is 0 Å². The molecule has 3 aliphatic rings. The van der Waals surface area contributed by atoms with E-state index in [0.29, 0.717) is 23.9 Å². The second-order valence-electron chi connectivity index (χ2n) is 8.23. The minimum absolute atomic E-state index is 0.122. The van der Waals surface area contributed by atoms with Gasteiger partial charge >= 0.3 is 0 Å². The van der Waals surface area contributed by atoms with Crippen molar-refractivity contribution in [2.24, 2.45) is 5.41 Å². The number of hydrogen-bond donors (Lipinski definition) is 3. The van der Waals surface area contributed by atoms with Crippen molar-refractivity contribution in [3.8, 4) is 0 Å². The zero-order valence-electron chi connectivity index (χ0n) is 15.6. The molecule has 3 N–H and O–H groups in total. The van der Waals surface area contributed by atoms with E-state index in [-0.39, 0.29) is 24.1 Å². The summed E-state index contributed by atoms with van der Waals surface area (Å²) in [6.07, 6.45) is 1.85. The summed E-state index contributed by atoms with van der Waals surface area (Å²) in [7, 11) is 0. The summed E-state index contributed by atoms with van der Waals surface area (Å²) in [5, 5.41) is 9.28. The minimum Gasteiger partial charge on any atom is -0.322 e. The summed E-state index contributed by atoms with van der Waals surface area (Å²) in [5.41, 5.74) is 3.06. The molecule has 0 saturated carbocycles. The van der Waals surface area contributed by atoms with Crippen molar-refractivity contribution in [3.63, 3.8) is 0 Å². The van der Waals surface area contributed by atoms with Crippen LogP contribution in [0.1, 0.15) is 47.7 Å². The molecule has 144 valence electrons. The topological polar surface area (TPSA) is 90.5 Å². The number of nitrogens with one attached hydrogen (secondary N) is 3. The number of imide groups is 1. The van der Waals surface area contributed by atoms with E-state index >= 15 is 0 Å². The van der Waals surface area contributed by atoms with E-state index in [4.69, 9.17) is 0 Å². The van der Waals surface area contributed by atoms with E-state index in [9.17, 15) is 14.4 Å². The van der Waals surface area contributed by atoms with Crippen molar-refractivity contribution in [1.82, 2.24) is 20.9 Å². The van der Waals surface area contributed by atoms with Gasteiger partial charge in [0.1, 0.15) is 6.04 Å². The lowest BCUT2D eigenvalue weighted by atomic mass is 9.90. The number of carbonyl (C=O) groups excluding carboxylic acids is 3. The molecule has 1 aromatic carbocycles. The molecule has 2 unspecified atom stereocenters. The first-order chi connectivity index (χ1) is 13.0. The lowest BCUT2D eigenvalue weighted by Gasteiger charge is -2.29. The van der Waals surface area contributed by atoms with Crippen LogP contribution in [-0.2, 0) is 22.7 Å². The third-order valence-corrected chi connectivity index (χ3v) is 5.93. The number of fused-ring (bicyclic) bond motifs is 1. The van der Waals surface area contributed by atoms with Crippen molar-refractivity contribution in [2.75, 3.05) is 19.6 Å². The quantitative estimate of drug-likeness (QED) is 0.658. The van der Waals surface area contributed by atoms with E-state index in [2.05, 4.69) is 28.9 Å². The first kappa shape index (κ1) is 18.1. The molecule has 0 bridgehead atoms. The van der Waals surface area contributed by atoms with Crippen LogP contribution in [0.5, 0.6) is 0 Å². The van der Waals surface area contributed by atoms with E-state index in [1.54, 1.807) is 4.90 Å². The molecule has 2 saturated heterocycles. The zero-order valence-corrected chi connectivity index (χ0v) is 15.6. The van der Waals surface area contributed by atoms with E-state index in [0.717, 1.165) is 37.3 Å². The van der Waals surface area contributed by atoms with Gasteiger partial charge in [0, 0.05) is 38.2 Å². The predicted molar refractivity (Wildman–Crippen MR) is 99.8 cm³/mol. The predicted octanol–water partition coefficient (Wildman–Crippen LogP) is 0.537.